The molecule has 6 heterocycles. The second-order valence-corrected chi connectivity index (χ2v) is 38.1. The SMILES string of the molecule is CCCCc1ccc(NC(=O)NC(=O)C[C@@H]2CC(=O)[C@H](NC(=O)[C@@H](CC(C)C)N(C)C(=O)OC(C)(C)C)[C@H](O)c3ccc(c(Cl)c3)Oc3cc4cc(c3O[C@@H]3O[C@H](CCC(=O)OC(C)(C)C)[C@@H](O)[C@H](O)[C@H]3O)Oc3ccc(cc3Cl)[C@@H](O)[C@@H]3NC(=O)[C@H](CC(=O)[C@@H]4NC2=O)c2ccc(O)c(c2)-c2c(O)cc(O)cc2[C@@H](C(=O)CC2C4CC5CC(C4)CC2C5)NC3=O)cc1. The van der Waals surface area contributed by atoms with Crippen molar-refractivity contribution < 1.29 is 122 Å². The van der Waals surface area contributed by atoms with Crippen LogP contribution in [0.15, 0.2) is 103 Å². The number of urea groups is 1. The minimum atomic E-state index is -2.29. The first-order valence-electron chi connectivity index (χ1n) is 43.4. The number of nitrogens with one attached hydrogen (secondary N) is 6. The number of anilines is 1. The number of amides is 8. The van der Waals surface area contributed by atoms with Crippen LogP contribution in [0.5, 0.6) is 46.0 Å². The third-order valence-electron chi connectivity index (χ3n) is 24.8. The maximum absolute atomic E-state index is 16.8. The lowest BCUT2D eigenvalue weighted by atomic mass is 9.51. The van der Waals surface area contributed by atoms with E-state index in [-0.39, 0.29) is 93.5 Å². The van der Waals surface area contributed by atoms with Gasteiger partial charge in [0, 0.05) is 62.0 Å². The predicted octanol–water partition coefficient (Wildman–Crippen LogP) is 11.8. The summed E-state index contributed by atoms with van der Waals surface area (Å²) in [6, 6.07) is 10.7. The van der Waals surface area contributed by atoms with Crippen LogP contribution in [0.25, 0.3) is 11.1 Å². The predicted molar refractivity (Wildman–Crippen MR) is 464 cm³/mol. The van der Waals surface area contributed by atoms with Gasteiger partial charge in [0.05, 0.1) is 28.0 Å². The number of esters is 1. The van der Waals surface area contributed by atoms with Crippen molar-refractivity contribution in [3.63, 3.8) is 0 Å². The van der Waals surface area contributed by atoms with E-state index in [2.05, 4.69) is 31.9 Å². The fraction of sp³-hybridized carbons (Fsp3) is 0.500. The maximum atomic E-state index is 16.8. The molecule has 128 heavy (non-hydrogen) atoms. The number of unbranched alkanes of at least 4 members (excludes halogenated alkanes) is 1. The highest BCUT2D eigenvalue weighted by molar-refractivity contribution is 6.32. The number of carbonyl (C=O) groups excluding carboxylic acids is 11. The standard InChI is InChI=1S/C94H111Cl2N7O25/c1-11-12-13-44-14-19-54(20-15-44)97-91(121)98-73(110)38-53-35-65(107)78(101-88(119)62(26-43(2)3)103(10)92(122)128-94(7,8)9)80(112)48-17-22-68(60(95)33-48)123-71-36-52-37-72(85(71)126-90-84(116)83(115)82(114)70(125-90)24-25-74(111)127-93(4,5)6)124-69-23-18-49(34-61(69)96)81(113)79-89(120)100-77(67(109)41-56-50-28-45-27-46(30-50)31-51(56)29-45)59-39-55(104)40-64(106)75(59)58-32-47(16-21-63(58)105)57(87(118)102-79)42-66(108)76(52)99-86(53)117/h14-23,32-34,36-37,39-40,43,45-46,50-51,53,56-57,62,70,76-84,90,104-106,112-116H,11-13,24-31,35,38,41-42H2,1-10H3,(H,99,117)(H,100,120)(H,101,119)(H,102,118)(H2,97,98,110,121)/t45?,46?,50?,51?,53-,56?,57+,62+,70+,76+,77-,78-,79-,80+,81+,82+,83-,84+,90-/m0/s1. The van der Waals surface area contributed by atoms with Crippen LogP contribution in [0.3, 0.4) is 0 Å². The summed E-state index contributed by atoms with van der Waals surface area (Å²) >= 11 is 14.5. The average Bonchev–Trinajstić information content (AvgIpc) is 0.777. The molecule has 16 rings (SSSR count). The molecule has 686 valence electrons. The highest BCUT2D eigenvalue weighted by Gasteiger charge is 2.52. The Labute approximate surface area is 749 Å². The van der Waals surface area contributed by atoms with Crippen molar-refractivity contribution in [2.24, 2.45) is 41.4 Å². The Balaban J connectivity index is 0.999. The van der Waals surface area contributed by atoms with Crippen LogP contribution >= 0.6 is 23.2 Å². The number of rotatable bonds is 19. The van der Waals surface area contributed by atoms with Gasteiger partial charge in [0.1, 0.15) is 101 Å². The first kappa shape index (κ1) is 94.6. The lowest BCUT2D eigenvalue weighted by molar-refractivity contribution is -0.273. The molecule has 5 fully saturated rings. The lowest BCUT2D eigenvalue weighted by Crippen LogP contribution is -2.59. The normalized spacial score (nSPS) is 26.6. The van der Waals surface area contributed by atoms with E-state index in [0.29, 0.717) is 11.8 Å². The first-order chi connectivity index (χ1) is 60.4. The molecule has 0 radical (unpaired) electrons. The van der Waals surface area contributed by atoms with E-state index in [0.717, 1.165) is 104 Å². The first-order valence-corrected chi connectivity index (χ1v) is 44.1. The smallest absolute Gasteiger partial charge is 0.410 e. The molecule has 0 spiro atoms. The van der Waals surface area contributed by atoms with Gasteiger partial charge in [-0.15, -0.1) is 0 Å². The van der Waals surface area contributed by atoms with E-state index in [1.165, 1.54) is 43.4 Å². The van der Waals surface area contributed by atoms with Crippen molar-refractivity contribution >= 4 is 93.9 Å². The van der Waals surface area contributed by atoms with Gasteiger partial charge in [-0.3, -0.25) is 53.4 Å². The lowest BCUT2D eigenvalue weighted by Gasteiger charge is -2.54. The molecule has 10 aliphatic rings. The summed E-state index contributed by atoms with van der Waals surface area (Å²) in [4.78, 5) is 169. The number of hydrogen-bond donors (Lipinski definition) is 14. The Morgan fingerprint density at radius 3 is 1.85 bits per heavy atom. The van der Waals surface area contributed by atoms with E-state index >= 15 is 33.6 Å². The summed E-state index contributed by atoms with van der Waals surface area (Å²) in [5.74, 6) is -17.5. The van der Waals surface area contributed by atoms with Gasteiger partial charge < -0.3 is 95.9 Å². The number of aryl methyl sites for hydroxylation is 1. The molecule has 4 saturated carbocycles. The number of benzene rings is 6. The maximum Gasteiger partial charge on any atom is 0.410 e. The summed E-state index contributed by atoms with van der Waals surface area (Å²) < 4.78 is 37.5. The molecule has 34 heteroatoms. The molecule has 8 amide bonds. The Kier molecular flexibility index (Phi) is 28.9. The van der Waals surface area contributed by atoms with Crippen LogP contribution in [-0.2, 0) is 63.8 Å². The third kappa shape index (κ3) is 22.0. The second-order valence-electron chi connectivity index (χ2n) is 37.2. The van der Waals surface area contributed by atoms with Crippen molar-refractivity contribution in [1.29, 1.82) is 0 Å². The minimum Gasteiger partial charge on any atom is -0.508 e. The van der Waals surface area contributed by atoms with E-state index in [1.807, 2.05) is 6.92 Å². The van der Waals surface area contributed by atoms with Gasteiger partial charge in [-0.2, -0.15) is 0 Å². The van der Waals surface area contributed by atoms with E-state index in [9.17, 15) is 60.0 Å². The van der Waals surface area contributed by atoms with E-state index in [1.54, 1.807) is 79.7 Å². The van der Waals surface area contributed by atoms with Crippen LogP contribution in [0, 0.1) is 41.4 Å². The van der Waals surface area contributed by atoms with Crippen molar-refractivity contribution in [3.8, 4) is 57.1 Å². The molecule has 6 aromatic rings. The third-order valence-corrected chi connectivity index (χ3v) is 25.4. The van der Waals surface area contributed by atoms with Gasteiger partial charge in [0.15, 0.2) is 28.8 Å². The summed E-state index contributed by atoms with van der Waals surface area (Å²) in [5, 5.41) is 112. The largest absolute Gasteiger partial charge is 0.508 e. The quantitative estimate of drug-likeness (QED) is 0.0335. The van der Waals surface area contributed by atoms with Crippen LogP contribution in [-0.4, -0.2) is 178 Å². The molecule has 15 bridgehead atoms. The average molecular weight is 1810 g/mol. The number of likely N-dealkylation sites (N-methyl/N-ethyl adjacent to an activating group) is 1. The number of carbonyl (C=O) groups is 11. The number of halogens is 2. The minimum absolute atomic E-state index is 0.0652. The van der Waals surface area contributed by atoms with Gasteiger partial charge >= 0.3 is 18.1 Å². The highest BCUT2D eigenvalue weighted by Crippen LogP contribution is 2.58. The number of aliphatic hydroxyl groups is 5. The van der Waals surface area contributed by atoms with Gasteiger partial charge in [-0.25, -0.2) is 9.59 Å². The molecule has 4 aliphatic carbocycles. The number of hydrogen-bond acceptors (Lipinski definition) is 25. The van der Waals surface area contributed by atoms with Gasteiger partial charge in [0.25, 0.3) is 0 Å². The number of imide groups is 1. The number of fused-ring (bicyclic) bond motifs is 15. The Bertz CT molecular complexity index is 5240. The molecule has 14 atom stereocenters. The molecule has 6 aromatic carbocycles. The number of aliphatic hydroxyl groups excluding tert-OH is 5. The molecular formula is C94H111Cl2N7O25. The van der Waals surface area contributed by atoms with Crippen molar-refractivity contribution in [2.45, 2.75) is 249 Å². The van der Waals surface area contributed by atoms with Crippen molar-refractivity contribution in [2.75, 3.05) is 12.4 Å². The van der Waals surface area contributed by atoms with Gasteiger partial charge in [-0.1, -0.05) is 80.7 Å². The summed E-state index contributed by atoms with van der Waals surface area (Å²) in [6.45, 7) is 15.2. The number of ketones is 3. The zero-order valence-corrected chi connectivity index (χ0v) is 74.2. The molecular weight excluding hydrogens is 1700 g/mol. The molecule has 0 aromatic heterocycles. The fourth-order valence-corrected chi connectivity index (χ4v) is 19.2. The molecule has 14 N–H and O–H groups in total. The van der Waals surface area contributed by atoms with E-state index in [4.69, 9.17) is 51.6 Å². The second kappa shape index (κ2) is 39.1. The van der Waals surface area contributed by atoms with Crippen LogP contribution < -0.4 is 46.1 Å². The number of phenols is 3. The molecule has 32 nitrogen and oxygen atoms in total. The summed E-state index contributed by atoms with van der Waals surface area (Å²) in [6.07, 6.45) is -12.3. The monoisotopic (exact) mass is 1810 g/mol. The Hall–Kier alpha value is -11.0. The molecule has 0 unspecified atom stereocenters. The fourth-order valence-electron chi connectivity index (χ4n) is 18.7. The van der Waals surface area contributed by atoms with Crippen LogP contribution in [0.2, 0.25) is 10.0 Å². The summed E-state index contributed by atoms with van der Waals surface area (Å²) in [7, 11) is 1.29. The number of nitrogens with zero attached hydrogens (tertiary/aromatic N) is 1. The number of phenolic OH excluding ortho intramolecular Hbond substituents is 3. The van der Waals surface area contributed by atoms with Crippen LogP contribution in [0.4, 0.5) is 15.3 Å². The number of Topliss-reactive ketones (excluding diaryl/α,β-unsaturated/α-hetero) is 3. The number of aromatic hydroxyl groups is 3. The zero-order chi connectivity index (χ0) is 92.6. The molecule has 6 aliphatic heterocycles. The number of ether oxygens (including phenoxy) is 6. The summed E-state index contributed by atoms with van der Waals surface area (Å²) in [5.41, 5.74) is -2.71. The zero-order valence-electron chi connectivity index (χ0n) is 72.7. The van der Waals surface area contributed by atoms with Crippen LogP contribution in [0.1, 0.15) is 216 Å². The Morgan fingerprint density at radius 2 is 1.25 bits per heavy atom. The van der Waals surface area contributed by atoms with Gasteiger partial charge in [0.2, 0.25) is 41.6 Å². The van der Waals surface area contributed by atoms with E-state index < -0.39 is 237 Å². The van der Waals surface area contributed by atoms with Crippen molar-refractivity contribution in [3.05, 3.63) is 147 Å². The Morgan fingerprint density at radius 1 is 0.633 bits per heavy atom. The van der Waals surface area contributed by atoms with Crippen molar-refractivity contribution in [1.82, 2.24) is 31.5 Å². The molecule has 1 saturated heterocycles. The topological polar surface area (TPSA) is 480 Å². The van der Waals surface area contributed by atoms with Gasteiger partial charge in [-0.05, 0) is 235 Å². The highest BCUT2D eigenvalue weighted by atomic mass is 35.5.